The minimum Gasteiger partial charge on any atom is -0.382 e. The van der Waals surface area contributed by atoms with Crippen molar-refractivity contribution < 1.29 is 4.92 Å². The second-order valence-corrected chi connectivity index (χ2v) is 5.28. The van der Waals surface area contributed by atoms with Crippen LogP contribution in [0.15, 0.2) is 35.3 Å². The van der Waals surface area contributed by atoms with E-state index in [-0.39, 0.29) is 10.7 Å². The molecule has 1 aromatic carbocycles. The summed E-state index contributed by atoms with van der Waals surface area (Å²) in [4.78, 5) is 22.4. The number of anilines is 1. The molecular weight excluding hydrogens is 334 g/mol. The third-order valence-electron chi connectivity index (χ3n) is 3.25. The van der Waals surface area contributed by atoms with Crippen LogP contribution in [0.4, 0.5) is 11.4 Å². The second kappa shape index (κ2) is 8.08. The number of rotatable bonds is 7. The molecule has 1 heterocycles. The van der Waals surface area contributed by atoms with Gasteiger partial charge in [-0.3, -0.25) is 14.9 Å². The molecule has 0 atom stereocenters. The zero-order valence-electron chi connectivity index (χ0n) is 12.6. The van der Waals surface area contributed by atoms with E-state index in [9.17, 15) is 14.9 Å². The lowest BCUT2D eigenvalue weighted by Gasteiger charge is -2.10. The van der Waals surface area contributed by atoms with E-state index >= 15 is 0 Å². The SMILES string of the molecule is N#CCCCCNc1cnn(-c2ccc([N+](=O)[O-])cc2)c(=O)c1Cl. The van der Waals surface area contributed by atoms with E-state index in [1.54, 1.807) is 0 Å². The molecule has 9 heteroatoms. The van der Waals surface area contributed by atoms with E-state index in [0.717, 1.165) is 17.5 Å². The molecule has 0 fully saturated rings. The normalized spacial score (nSPS) is 10.2. The number of unbranched alkanes of at least 4 members (excludes halogenated alkanes) is 2. The van der Waals surface area contributed by atoms with Crippen molar-refractivity contribution >= 4 is 23.0 Å². The molecule has 0 aliphatic carbocycles. The quantitative estimate of drug-likeness (QED) is 0.468. The first-order valence-corrected chi connectivity index (χ1v) is 7.56. The van der Waals surface area contributed by atoms with Crippen molar-refractivity contribution in [3.63, 3.8) is 0 Å². The zero-order valence-corrected chi connectivity index (χ0v) is 13.4. The predicted octanol–water partition coefficient (Wildman–Crippen LogP) is 2.90. The lowest BCUT2D eigenvalue weighted by molar-refractivity contribution is -0.384. The molecule has 0 spiro atoms. The molecular formula is C15H14ClN5O3. The van der Waals surface area contributed by atoms with Gasteiger partial charge in [-0.1, -0.05) is 11.6 Å². The molecule has 0 amide bonds. The van der Waals surface area contributed by atoms with Gasteiger partial charge in [0.05, 0.1) is 28.6 Å². The van der Waals surface area contributed by atoms with Crippen molar-refractivity contribution in [3.05, 3.63) is 56.0 Å². The molecule has 1 N–H and O–H groups in total. The number of halogens is 1. The Morgan fingerprint density at radius 3 is 2.67 bits per heavy atom. The van der Waals surface area contributed by atoms with E-state index in [1.807, 2.05) is 0 Å². The van der Waals surface area contributed by atoms with Crippen LogP contribution in [0.1, 0.15) is 19.3 Å². The van der Waals surface area contributed by atoms with Gasteiger partial charge in [0, 0.05) is 25.1 Å². The first kappa shape index (κ1) is 17.4. The van der Waals surface area contributed by atoms with Gasteiger partial charge in [-0.15, -0.1) is 0 Å². The maximum atomic E-state index is 12.3. The monoisotopic (exact) mass is 347 g/mol. The summed E-state index contributed by atoms with van der Waals surface area (Å²) in [5.74, 6) is 0. The fourth-order valence-electron chi connectivity index (χ4n) is 2.01. The van der Waals surface area contributed by atoms with Crippen LogP contribution >= 0.6 is 11.6 Å². The summed E-state index contributed by atoms with van der Waals surface area (Å²) in [6.45, 7) is 0.573. The van der Waals surface area contributed by atoms with E-state index in [0.29, 0.717) is 24.3 Å². The number of hydrogen-bond donors (Lipinski definition) is 1. The van der Waals surface area contributed by atoms with Crippen molar-refractivity contribution in [1.82, 2.24) is 9.78 Å². The van der Waals surface area contributed by atoms with Gasteiger partial charge in [-0.05, 0) is 25.0 Å². The predicted molar refractivity (Wildman–Crippen MR) is 89.5 cm³/mol. The molecule has 2 rings (SSSR count). The van der Waals surface area contributed by atoms with E-state index in [4.69, 9.17) is 16.9 Å². The highest BCUT2D eigenvalue weighted by Gasteiger charge is 2.12. The van der Waals surface area contributed by atoms with Crippen molar-refractivity contribution in [2.45, 2.75) is 19.3 Å². The maximum Gasteiger partial charge on any atom is 0.292 e. The van der Waals surface area contributed by atoms with Gasteiger partial charge in [0.1, 0.15) is 5.02 Å². The molecule has 0 aliphatic heterocycles. The standard InChI is InChI=1S/C15H14ClN5O3/c16-14-13(18-9-3-1-2-8-17)10-19-20(15(14)22)11-4-6-12(7-5-11)21(23)24/h4-7,10,18H,1-3,9H2. The molecule has 0 saturated heterocycles. The van der Waals surface area contributed by atoms with Crippen molar-refractivity contribution in [1.29, 1.82) is 5.26 Å². The molecule has 0 bridgehead atoms. The maximum absolute atomic E-state index is 12.3. The number of nitro groups is 1. The van der Waals surface area contributed by atoms with E-state index in [2.05, 4.69) is 16.5 Å². The van der Waals surface area contributed by atoms with Crippen LogP contribution in [-0.2, 0) is 0 Å². The van der Waals surface area contributed by atoms with Crippen LogP contribution in [-0.4, -0.2) is 21.2 Å². The number of aromatic nitrogens is 2. The van der Waals surface area contributed by atoms with Crippen LogP contribution < -0.4 is 10.9 Å². The van der Waals surface area contributed by atoms with Gasteiger partial charge in [0.2, 0.25) is 0 Å². The van der Waals surface area contributed by atoms with Crippen LogP contribution in [0.5, 0.6) is 0 Å². The third kappa shape index (κ3) is 4.08. The number of nitrogens with zero attached hydrogens (tertiary/aromatic N) is 4. The first-order chi connectivity index (χ1) is 11.5. The van der Waals surface area contributed by atoms with Crippen molar-refractivity contribution in [3.8, 4) is 11.8 Å². The van der Waals surface area contributed by atoms with Gasteiger partial charge in [-0.2, -0.15) is 15.0 Å². The molecule has 8 nitrogen and oxygen atoms in total. The van der Waals surface area contributed by atoms with Crippen molar-refractivity contribution in [2.75, 3.05) is 11.9 Å². The molecule has 0 aliphatic rings. The lowest BCUT2D eigenvalue weighted by Crippen LogP contribution is -2.22. The molecule has 0 saturated carbocycles. The fourth-order valence-corrected chi connectivity index (χ4v) is 2.20. The van der Waals surface area contributed by atoms with Crippen LogP contribution in [0, 0.1) is 21.4 Å². The summed E-state index contributed by atoms with van der Waals surface area (Å²) in [5.41, 5.74) is 0.200. The third-order valence-corrected chi connectivity index (χ3v) is 3.62. The summed E-state index contributed by atoms with van der Waals surface area (Å²) in [7, 11) is 0. The topological polar surface area (TPSA) is 114 Å². The van der Waals surface area contributed by atoms with Gasteiger partial charge in [-0.25, -0.2) is 0 Å². The number of non-ortho nitro benzene ring substituents is 1. The molecule has 2 aromatic rings. The van der Waals surface area contributed by atoms with Gasteiger partial charge >= 0.3 is 0 Å². The van der Waals surface area contributed by atoms with Gasteiger partial charge in [0.15, 0.2) is 0 Å². The molecule has 0 radical (unpaired) electrons. The number of nitrogens with one attached hydrogen (secondary N) is 1. The molecule has 24 heavy (non-hydrogen) atoms. The van der Waals surface area contributed by atoms with Crippen molar-refractivity contribution in [2.24, 2.45) is 0 Å². The Hall–Kier alpha value is -2.92. The smallest absolute Gasteiger partial charge is 0.292 e. The Balaban J connectivity index is 2.16. The largest absolute Gasteiger partial charge is 0.382 e. The fraction of sp³-hybridized carbons (Fsp3) is 0.267. The average molecular weight is 348 g/mol. The Morgan fingerprint density at radius 1 is 1.33 bits per heavy atom. The molecule has 1 aromatic heterocycles. The van der Waals surface area contributed by atoms with Gasteiger partial charge < -0.3 is 5.32 Å². The molecule has 124 valence electrons. The number of benzene rings is 1. The van der Waals surface area contributed by atoms with Crippen LogP contribution in [0.2, 0.25) is 5.02 Å². The minimum atomic E-state index is -0.522. The highest BCUT2D eigenvalue weighted by molar-refractivity contribution is 6.32. The highest BCUT2D eigenvalue weighted by atomic mass is 35.5. The van der Waals surface area contributed by atoms with Crippen LogP contribution in [0.3, 0.4) is 0 Å². The number of nitro benzene ring substituents is 1. The van der Waals surface area contributed by atoms with Gasteiger partial charge in [0.25, 0.3) is 11.2 Å². The summed E-state index contributed by atoms with van der Waals surface area (Å²) < 4.78 is 1.08. The van der Waals surface area contributed by atoms with E-state index < -0.39 is 10.5 Å². The second-order valence-electron chi connectivity index (χ2n) is 4.90. The van der Waals surface area contributed by atoms with E-state index in [1.165, 1.54) is 30.5 Å². The zero-order chi connectivity index (χ0) is 17.5. The number of hydrogen-bond acceptors (Lipinski definition) is 6. The Kier molecular flexibility index (Phi) is 5.87. The Labute approximate surface area is 142 Å². The summed E-state index contributed by atoms with van der Waals surface area (Å²) in [6, 6.07) is 7.50. The first-order valence-electron chi connectivity index (χ1n) is 7.18. The Bertz CT molecular complexity index is 826. The number of nitriles is 1. The minimum absolute atomic E-state index is 0.0105. The van der Waals surface area contributed by atoms with Crippen LogP contribution in [0.25, 0.3) is 5.69 Å². The Morgan fingerprint density at radius 2 is 2.04 bits per heavy atom. The lowest BCUT2D eigenvalue weighted by atomic mass is 10.2. The summed E-state index contributed by atoms with van der Waals surface area (Å²) in [6.07, 6.45) is 3.44. The summed E-state index contributed by atoms with van der Waals surface area (Å²) in [5, 5.41) is 26.2. The summed E-state index contributed by atoms with van der Waals surface area (Å²) >= 11 is 6.07. The highest BCUT2D eigenvalue weighted by Crippen LogP contribution is 2.18. The molecule has 0 unspecified atom stereocenters. The average Bonchev–Trinajstić information content (AvgIpc) is 2.58.